The maximum atomic E-state index is 11.9. The van der Waals surface area contributed by atoms with Gasteiger partial charge >= 0.3 is 5.97 Å². The van der Waals surface area contributed by atoms with Crippen molar-refractivity contribution >= 4 is 11.9 Å². The number of aryl methyl sites for hydroxylation is 1. The Morgan fingerprint density at radius 2 is 2.11 bits per heavy atom. The fourth-order valence-corrected chi connectivity index (χ4v) is 2.13. The highest BCUT2D eigenvalue weighted by atomic mass is 16.5. The number of likely N-dealkylation sites (tertiary alicyclic amines) is 1. The summed E-state index contributed by atoms with van der Waals surface area (Å²) < 4.78 is 6.47. The molecule has 0 saturated carbocycles. The van der Waals surface area contributed by atoms with E-state index in [0.717, 1.165) is 25.9 Å². The topological polar surface area (TPSA) is 64.4 Å². The molecular formula is C13H19N3O3. The van der Waals surface area contributed by atoms with Crippen LogP contribution in [0.15, 0.2) is 12.3 Å². The number of carbonyl (C=O) groups is 2. The van der Waals surface area contributed by atoms with Crippen molar-refractivity contribution in [1.82, 2.24) is 14.7 Å². The normalized spacial score (nSPS) is 14.7. The van der Waals surface area contributed by atoms with Gasteiger partial charge in [-0.25, -0.2) is 4.79 Å². The molecule has 0 radical (unpaired) electrons. The minimum atomic E-state index is -0.424. The molecule has 0 atom stereocenters. The molecule has 1 aliphatic rings. The molecule has 1 fully saturated rings. The van der Waals surface area contributed by atoms with Crippen molar-refractivity contribution in [3.8, 4) is 0 Å². The Kier molecular flexibility index (Phi) is 4.54. The second kappa shape index (κ2) is 6.36. The molecule has 1 aromatic rings. The van der Waals surface area contributed by atoms with Gasteiger partial charge in [0.25, 0.3) is 0 Å². The molecule has 0 aliphatic carbocycles. The number of esters is 1. The van der Waals surface area contributed by atoms with Crippen LogP contribution in [0.1, 0.15) is 36.7 Å². The van der Waals surface area contributed by atoms with Crippen LogP contribution in [0.4, 0.5) is 0 Å². The molecule has 0 spiro atoms. The molecule has 1 aromatic heterocycles. The van der Waals surface area contributed by atoms with E-state index in [0.29, 0.717) is 19.6 Å². The van der Waals surface area contributed by atoms with Crippen LogP contribution >= 0.6 is 0 Å². The second-order valence-corrected chi connectivity index (χ2v) is 4.52. The van der Waals surface area contributed by atoms with Gasteiger partial charge in [0, 0.05) is 32.3 Å². The first-order chi connectivity index (χ1) is 9.20. The number of rotatable bonds is 5. The summed E-state index contributed by atoms with van der Waals surface area (Å²) in [6.07, 6.45) is 4.31. The standard InChI is InChI=1S/C13H19N3O3/c1-2-19-13(18)11-5-9-16(14-11)10-6-12(17)15-7-3-4-8-15/h5,9H,2-4,6-8,10H2,1H3. The van der Waals surface area contributed by atoms with Crippen LogP contribution in [0.2, 0.25) is 0 Å². The fourth-order valence-electron chi connectivity index (χ4n) is 2.13. The molecule has 1 aliphatic heterocycles. The van der Waals surface area contributed by atoms with E-state index in [4.69, 9.17) is 4.74 Å². The zero-order valence-corrected chi connectivity index (χ0v) is 11.2. The second-order valence-electron chi connectivity index (χ2n) is 4.52. The van der Waals surface area contributed by atoms with Gasteiger partial charge in [-0.3, -0.25) is 9.48 Å². The lowest BCUT2D eigenvalue weighted by Crippen LogP contribution is -2.28. The zero-order chi connectivity index (χ0) is 13.7. The maximum Gasteiger partial charge on any atom is 0.358 e. The first kappa shape index (κ1) is 13.6. The highest BCUT2D eigenvalue weighted by Crippen LogP contribution is 2.09. The number of amides is 1. The number of carbonyl (C=O) groups excluding carboxylic acids is 2. The van der Waals surface area contributed by atoms with E-state index < -0.39 is 5.97 Å². The van der Waals surface area contributed by atoms with Gasteiger partial charge in [-0.15, -0.1) is 0 Å². The molecule has 0 aromatic carbocycles. The number of aromatic nitrogens is 2. The van der Waals surface area contributed by atoms with E-state index in [1.54, 1.807) is 23.9 Å². The first-order valence-corrected chi connectivity index (χ1v) is 6.69. The van der Waals surface area contributed by atoms with Gasteiger partial charge in [-0.1, -0.05) is 0 Å². The van der Waals surface area contributed by atoms with Crippen molar-refractivity contribution in [2.75, 3.05) is 19.7 Å². The van der Waals surface area contributed by atoms with Crippen molar-refractivity contribution < 1.29 is 14.3 Å². The van der Waals surface area contributed by atoms with Gasteiger partial charge in [0.1, 0.15) is 0 Å². The average Bonchev–Trinajstić information content (AvgIpc) is 3.07. The highest BCUT2D eigenvalue weighted by molar-refractivity contribution is 5.87. The third-order valence-corrected chi connectivity index (χ3v) is 3.14. The fraction of sp³-hybridized carbons (Fsp3) is 0.615. The van der Waals surface area contributed by atoms with Crippen LogP contribution in [0.5, 0.6) is 0 Å². The summed E-state index contributed by atoms with van der Waals surface area (Å²) >= 11 is 0. The number of ether oxygens (including phenoxy) is 1. The summed E-state index contributed by atoms with van der Waals surface area (Å²) in [5.41, 5.74) is 0.287. The van der Waals surface area contributed by atoms with Gasteiger partial charge in [0.05, 0.1) is 6.61 Å². The minimum absolute atomic E-state index is 0.158. The van der Waals surface area contributed by atoms with Gasteiger partial charge in [-0.2, -0.15) is 5.10 Å². The van der Waals surface area contributed by atoms with E-state index in [1.807, 2.05) is 4.90 Å². The van der Waals surface area contributed by atoms with Crippen LogP contribution in [-0.2, 0) is 16.1 Å². The molecule has 0 bridgehead atoms. The Labute approximate surface area is 112 Å². The average molecular weight is 265 g/mol. The van der Waals surface area contributed by atoms with Crippen molar-refractivity contribution in [2.24, 2.45) is 0 Å². The molecule has 104 valence electrons. The summed E-state index contributed by atoms with van der Waals surface area (Å²) in [6.45, 7) is 4.31. The van der Waals surface area contributed by atoms with Gasteiger partial charge in [-0.05, 0) is 25.8 Å². The lowest BCUT2D eigenvalue weighted by atomic mass is 10.3. The molecule has 6 heteroatoms. The zero-order valence-electron chi connectivity index (χ0n) is 11.2. The lowest BCUT2D eigenvalue weighted by molar-refractivity contribution is -0.130. The number of hydrogen-bond donors (Lipinski definition) is 0. The van der Waals surface area contributed by atoms with Crippen molar-refractivity contribution in [1.29, 1.82) is 0 Å². The quantitative estimate of drug-likeness (QED) is 0.747. The summed E-state index contributed by atoms with van der Waals surface area (Å²) in [7, 11) is 0. The Bertz CT molecular complexity index is 450. The number of hydrogen-bond acceptors (Lipinski definition) is 4. The first-order valence-electron chi connectivity index (χ1n) is 6.69. The highest BCUT2D eigenvalue weighted by Gasteiger charge is 2.17. The molecular weight excluding hydrogens is 246 g/mol. The smallest absolute Gasteiger partial charge is 0.358 e. The summed E-state index contributed by atoms with van der Waals surface area (Å²) in [4.78, 5) is 25.2. The van der Waals surface area contributed by atoms with E-state index in [-0.39, 0.29) is 11.6 Å². The van der Waals surface area contributed by atoms with Gasteiger partial charge in [0.15, 0.2) is 5.69 Å². The summed E-state index contributed by atoms with van der Waals surface area (Å²) in [5, 5.41) is 4.10. The minimum Gasteiger partial charge on any atom is -0.461 e. The van der Waals surface area contributed by atoms with Gasteiger partial charge < -0.3 is 9.64 Å². The Balaban J connectivity index is 1.82. The van der Waals surface area contributed by atoms with Crippen LogP contribution in [0.25, 0.3) is 0 Å². The summed E-state index contributed by atoms with van der Waals surface area (Å²) in [6, 6.07) is 1.61. The molecule has 1 saturated heterocycles. The van der Waals surface area contributed by atoms with Crippen molar-refractivity contribution in [2.45, 2.75) is 32.7 Å². The van der Waals surface area contributed by atoms with Crippen LogP contribution in [0, 0.1) is 0 Å². The maximum absolute atomic E-state index is 11.9. The third-order valence-electron chi connectivity index (χ3n) is 3.14. The van der Waals surface area contributed by atoms with Crippen molar-refractivity contribution in [3.05, 3.63) is 18.0 Å². The molecule has 6 nitrogen and oxygen atoms in total. The van der Waals surface area contributed by atoms with Crippen LogP contribution < -0.4 is 0 Å². The van der Waals surface area contributed by atoms with E-state index in [1.165, 1.54) is 0 Å². The molecule has 1 amide bonds. The van der Waals surface area contributed by atoms with Crippen LogP contribution in [-0.4, -0.2) is 46.3 Å². The van der Waals surface area contributed by atoms with Crippen molar-refractivity contribution in [3.63, 3.8) is 0 Å². The summed E-state index contributed by atoms with van der Waals surface area (Å²) in [5.74, 6) is -0.266. The monoisotopic (exact) mass is 265 g/mol. The predicted molar refractivity (Wildman–Crippen MR) is 68.6 cm³/mol. The van der Waals surface area contributed by atoms with Gasteiger partial charge in [0.2, 0.25) is 5.91 Å². The van der Waals surface area contributed by atoms with E-state index in [2.05, 4.69) is 5.10 Å². The molecule has 0 unspecified atom stereocenters. The predicted octanol–water partition coefficient (Wildman–Crippen LogP) is 1.07. The largest absolute Gasteiger partial charge is 0.461 e. The number of nitrogens with zero attached hydrogens (tertiary/aromatic N) is 3. The molecule has 0 N–H and O–H groups in total. The Morgan fingerprint density at radius 3 is 2.79 bits per heavy atom. The lowest BCUT2D eigenvalue weighted by Gasteiger charge is -2.14. The van der Waals surface area contributed by atoms with E-state index in [9.17, 15) is 9.59 Å². The van der Waals surface area contributed by atoms with Crippen LogP contribution in [0.3, 0.4) is 0 Å². The Hall–Kier alpha value is -1.85. The third kappa shape index (κ3) is 3.56. The van der Waals surface area contributed by atoms with E-state index >= 15 is 0 Å². The molecule has 2 heterocycles. The Morgan fingerprint density at radius 1 is 1.37 bits per heavy atom. The molecule has 2 rings (SSSR count). The SMILES string of the molecule is CCOC(=O)c1ccn(CCC(=O)N2CCCC2)n1. The molecule has 19 heavy (non-hydrogen) atoms.